The van der Waals surface area contributed by atoms with E-state index in [4.69, 9.17) is 5.73 Å². The lowest BCUT2D eigenvalue weighted by atomic mass is 10.2. The van der Waals surface area contributed by atoms with Crippen molar-refractivity contribution in [2.75, 3.05) is 12.3 Å². The number of hydrogen-bond donors (Lipinski definition) is 1. The molecule has 0 amide bonds. The number of thiophene rings is 1. The zero-order valence-corrected chi connectivity index (χ0v) is 16.6. The highest BCUT2D eigenvalue weighted by molar-refractivity contribution is 7.15. The Morgan fingerprint density at radius 3 is 2.35 bits per heavy atom. The first kappa shape index (κ1) is 21.4. The summed E-state index contributed by atoms with van der Waals surface area (Å²) in [6.45, 7) is 10.6. The number of aryl methyl sites for hydroxylation is 2. The third-order valence-electron chi connectivity index (χ3n) is 3.38. The molecule has 2 heterocycles. The van der Waals surface area contributed by atoms with E-state index < -0.39 is 0 Å². The molecule has 0 unspecified atom stereocenters. The SMILES string of the molecule is CC.CCOC=O.Cc1ccc(-n2nc(C)c3csc(N)c3c2=O)cc1. The molecule has 2 N–H and O–H groups in total. The molecule has 0 atom stereocenters. The third kappa shape index (κ3) is 4.92. The van der Waals surface area contributed by atoms with Crippen LogP contribution in [0.4, 0.5) is 5.00 Å². The molecule has 0 aliphatic heterocycles. The van der Waals surface area contributed by atoms with E-state index in [9.17, 15) is 9.59 Å². The van der Waals surface area contributed by atoms with Crippen LogP contribution in [0.25, 0.3) is 16.5 Å². The normalized spacial score (nSPS) is 9.58. The second kappa shape index (κ2) is 10.4. The molecule has 0 saturated heterocycles. The van der Waals surface area contributed by atoms with Crippen molar-refractivity contribution in [2.45, 2.75) is 34.6 Å². The molecule has 0 spiro atoms. The summed E-state index contributed by atoms with van der Waals surface area (Å²) in [7, 11) is 0. The number of aromatic nitrogens is 2. The fourth-order valence-electron chi connectivity index (χ4n) is 2.14. The van der Waals surface area contributed by atoms with Crippen LogP contribution in [0, 0.1) is 13.8 Å². The van der Waals surface area contributed by atoms with Crippen LogP contribution in [0.2, 0.25) is 0 Å². The molecule has 0 fully saturated rings. The lowest BCUT2D eigenvalue weighted by molar-refractivity contribution is -0.128. The van der Waals surface area contributed by atoms with Crippen LogP contribution < -0.4 is 11.3 Å². The molecular formula is C19H25N3O3S. The molecular weight excluding hydrogens is 350 g/mol. The van der Waals surface area contributed by atoms with Gasteiger partial charge in [-0.1, -0.05) is 31.5 Å². The quantitative estimate of drug-likeness (QED) is 0.703. The van der Waals surface area contributed by atoms with Gasteiger partial charge < -0.3 is 10.5 Å². The van der Waals surface area contributed by atoms with Gasteiger partial charge in [0.1, 0.15) is 0 Å². The number of fused-ring (bicyclic) bond motifs is 1. The first-order valence-electron chi connectivity index (χ1n) is 8.38. The first-order valence-corrected chi connectivity index (χ1v) is 9.26. The van der Waals surface area contributed by atoms with Crippen LogP contribution in [0.3, 0.4) is 0 Å². The summed E-state index contributed by atoms with van der Waals surface area (Å²) in [6, 6.07) is 7.69. The second-order valence-corrected chi connectivity index (χ2v) is 5.99. The number of nitrogens with two attached hydrogens (primary N) is 1. The van der Waals surface area contributed by atoms with Crippen LogP contribution in [-0.2, 0) is 9.53 Å². The van der Waals surface area contributed by atoms with E-state index in [2.05, 4.69) is 9.84 Å². The van der Waals surface area contributed by atoms with Gasteiger partial charge in [-0.05, 0) is 32.9 Å². The van der Waals surface area contributed by atoms with Crippen LogP contribution in [-0.4, -0.2) is 22.9 Å². The Labute approximate surface area is 157 Å². The predicted molar refractivity (Wildman–Crippen MR) is 108 cm³/mol. The Morgan fingerprint density at radius 1 is 1.23 bits per heavy atom. The standard InChI is InChI=1S/C14H13N3OS.C3H6O2.C2H6/c1-8-3-5-10(6-4-8)17-14(18)12-11(9(2)16-17)7-19-13(12)15;1-2-5-3-4;1-2/h3-7H,15H2,1-2H3;3H,2H2,1H3;1-2H3. The maximum atomic E-state index is 12.5. The van der Waals surface area contributed by atoms with E-state index in [1.165, 1.54) is 16.0 Å². The minimum Gasteiger partial charge on any atom is -0.468 e. The molecule has 3 rings (SSSR count). The Kier molecular flexibility index (Phi) is 8.51. The van der Waals surface area contributed by atoms with Gasteiger partial charge in [-0.25, -0.2) is 0 Å². The zero-order chi connectivity index (χ0) is 19.7. The molecule has 2 aromatic heterocycles. The van der Waals surface area contributed by atoms with Crippen molar-refractivity contribution in [1.29, 1.82) is 0 Å². The summed E-state index contributed by atoms with van der Waals surface area (Å²) in [5.41, 5.74) is 8.44. The largest absolute Gasteiger partial charge is 0.468 e. The van der Waals surface area contributed by atoms with E-state index in [1.54, 1.807) is 6.92 Å². The van der Waals surface area contributed by atoms with E-state index in [0.29, 0.717) is 23.5 Å². The molecule has 0 saturated carbocycles. The van der Waals surface area contributed by atoms with Gasteiger partial charge in [0.05, 0.1) is 28.4 Å². The monoisotopic (exact) mass is 375 g/mol. The number of rotatable bonds is 3. The fourth-order valence-corrected chi connectivity index (χ4v) is 2.99. The second-order valence-electron chi connectivity index (χ2n) is 5.08. The topological polar surface area (TPSA) is 87.2 Å². The predicted octanol–water partition coefficient (Wildman–Crippen LogP) is 3.85. The van der Waals surface area contributed by atoms with E-state index in [0.717, 1.165) is 22.3 Å². The van der Waals surface area contributed by atoms with Gasteiger partial charge in [-0.15, -0.1) is 11.3 Å². The number of anilines is 1. The lowest BCUT2D eigenvalue weighted by Crippen LogP contribution is -2.22. The molecule has 7 heteroatoms. The summed E-state index contributed by atoms with van der Waals surface area (Å²) in [4.78, 5) is 21.7. The highest BCUT2D eigenvalue weighted by Crippen LogP contribution is 2.26. The van der Waals surface area contributed by atoms with E-state index in [1.807, 2.05) is 57.3 Å². The van der Waals surface area contributed by atoms with Gasteiger partial charge in [0.25, 0.3) is 12.0 Å². The smallest absolute Gasteiger partial charge is 0.293 e. The average Bonchev–Trinajstić information content (AvgIpc) is 3.05. The Hall–Kier alpha value is -2.67. The van der Waals surface area contributed by atoms with Crippen molar-refractivity contribution in [1.82, 2.24) is 9.78 Å². The highest BCUT2D eigenvalue weighted by atomic mass is 32.1. The van der Waals surface area contributed by atoms with Gasteiger partial charge in [0.15, 0.2) is 0 Å². The molecule has 6 nitrogen and oxygen atoms in total. The van der Waals surface area contributed by atoms with Crippen LogP contribution in [0.5, 0.6) is 0 Å². The van der Waals surface area contributed by atoms with Crippen molar-refractivity contribution in [3.63, 3.8) is 0 Å². The highest BCUT2D eigenvalue weighted by Gasteiger charge is 2.13. The van der Waals surface area contributed by atoms with E-state index >= 15 is 0 Å². The number of ether oxygens (including phenoxy) is 1. The molecule has 0 aliphatic rings. The number of carbonyl (C=O) groups excluding carboxylic acids is 1. The van der Waals surface area contributed by atoms with Gasteiger partial charge in [-0.2, -0.15) is 9.78 Å². The summed E-state index contributed by atoms with van der Waals surface area (Å²) < 4.78 is 5.57. The maximum Gasteiger partial charge on any atom is 0.293 e. The summed E-state index contributed by atoms with van der Waals surface area (Å²) in [5.74, 6) is 0. The number of nitrogens with zero attached hydrogens (tertiary/aromatic N) is 2. The fraction of sp³-hybridized carbons (Fsp3) is 0.316. The van der Waals surface area contributed by atoms with Crippen LogP contribution in [0.15, 0.2) is 34.4 Å². The number of benzene rings is 1. The van der Waals surface area contributed by atoms with Gasteiger partial charge in [0, 0.05) is 10.8 Å². The Bertz CT molecular complexity index is 899. The van der Waals surface area contributed by atoms with E-state index in [-0.39, 0.29) is 5.56 Å². The molecule has 0 aliphatic carbocycles. The Morgan fingerprint density at radius 2 is 1.85 bits per heavy atom. The van der Waals surface area contributed by atoms with Gasteiger partial charge in [0.2, 0.25) is 0 Å². The minimum absolute atomic E-state index is 0.164. The molecule has 0 radical (unpaired) electrons. The average molecular weight is 375 g/mol. The van der Waals surface area contributed by atoms with Gasteiger partial charge >= 0.3 is 0 Å². The Balaban J connectivity index is 0.000000420. The van der Waals surface area contributed by atoms with Crippen LogP contribution in [0.1, 0.15) is 32.0 Å². The summed E-state index contributed by atoms with van der Waals surface area (Å²) >= 11 is 1.38. The van der Waals surface area contributed by atoms with Crippen molar-refractivity contribution in [3.05, 3.63) is 51.3 Å². The van der Waals surface area contributed by atoms with Crippen LogP contribution >= 0.6 is 11.3 Å². The maximum absolute atomic E-state index is 12.5. The molecule has 3 aromatic rings. The molecule has 26 heavy (non-hydrogen) atoms. The summed E-state index contributed by atoms with van der Waals surface area (Å²) in [6.07, 6.45) is 0. The van der Waals surface area contributed by atoms with Gasteiger partial charge in [-0.3, -0.25) is 9.59 Å². The van der Waals surface area contributed by atoms with Crippen molar-refractivity contribution in [3.8, 4) is 5.69 Å². The number of nitrogen functional groups attached to an aromatic ring is 1. The number of carbonyl (C=O) groups is 1. The molecule has 140 valence electrons. The lowest BCUT2D eigenvalue weighted by Gasteiger charge is -2.07. The minimum atomic E-state index is -0.164. The zero-order valence-electron chi connectivity index (χ0n) is 15.8. The van der Waals surface area contributed by atoms with Crippen molar-refractivity contribution < 1.29 is 9.53 Å². The first-order chi connectivity index (χ1) is 12.5. The third-order valence-corrected chi connectivity index (χ3v) is 4.19. The van der Waals surface area contributed by atoms with Crippen molar-refractivity contribution in [2.24, 2.45) is 0 Å². The number of hydrogen-bond acceptors (Lipinski definition) is 6. The molecule has 0 bridgehead atoms. The summed E-state index contributed by atoms with van der Waals surface area (Å²) in [5, 5.41) is 8.21. The van der Waals surface area contributed by atoms with Crippen molar-refractivity contribution >= 4 is 33.6 Å². The molecule has 1 aromatic carbocycles.